The Bertz CT molecular complexity index is 785. The third-order valence-corrected chi connectivity index (χ3v) is 6.22. The number of nitrogens with one attached hydrogen (secondary N) is 2. The van der Waals surface area contributed by atoms with E-state index in [2.05, 4.69) is 10.0 Å². The number of hydrogen-bond donors (Lipinski definition) is 2. The maximum atomic E-state index is 12.3. The summed E-state index contributed by atoms with van der Waals surface area (Å²) in [5.41, 5.74) is 1.82. The number of esters is 1. The number of ether oxygens (including phenoxy) is 1. The molecule has 1 fully saturated rings. The quantitative estimate of drug-likeness (QED) is 0.686. The summed E-state index contributed by atoms with van der Waals surface area (Å²) in [6, 6.07) is 4.86. The molecule has 0 spiro atoms. The van der Waals surface area contributed by atoms with Crippen LogP contribution in [-0.2, 0) is 24.3 Å². The smallest absolute Gasteiger partial charge is 0.321 e. The zero-order valence-corrected chi connectivity index (χ0v) is 16.9. The molecular formula is C19H28N2O5S. The Morgan fingerprint density at radius 2 is 1.81 bits per heavy atom. The van der Waals surface area contributed by atoms with Gasteiger partial charge in [-0.1, -0.05) is 25.3 Å². The van der Waals surface area contributed by atoms with E-state index in [4.69, 9.17) is 4.74 Å². The van der Waals surface area contributed by atoms with Crippen LogP contribution in [0.1, 0.15) is 50.2 Å². The molecule has 7 nitrogen and oxygen atoms in total. The standard InChI is InChI=1S/C19H28N2O5S/c1-13-9-10-17(11-14(13)2)27(24,25)20-12-18(22)26-15(3)19(23)21-16-7-5-4-6-8-16/h9-11,15-16,20H,4-8,12H2,1-3H3,(H,21,23)/t15-/m0/s1. The fraction of sp³-hybridized carbons (Fsp3) is 0.579. The number of rotatable bonds is 7. The van der Waals surface area contributed by atoms with Crippen LogP contribution < -0.4 is 10.0 Å². The molecule has 0 saturated heterocycles. The summed E-state index contributed by atoms with van der Waals surface area (Å²) >= 11 is 0. The van der Waals surface area contributed by atoms with E-state index in [9.17, 15) is 18.0 Å². The molecule has 1 aliphatic rings. The SMILES string of the molecule is Cc1ccc(S(=O)(=O)NCC(=O)O[C@@H](C)C(=O)NC2CCCCC2)cc1C. The first-order valence-corrected chi connectivity index (χ1v) is 10.7. The van der Waals surface area contributed by atoms with E-state index in [0.717, 1.165) is 36.8 Å². The van der Waals surface area contributed by atoms with E-state index in [1.54, 1.807) is 12.1 Å². The van der Waals surface area contributed by atoms with Gasteiger partial charge in [0.2, 0.25) is 10.0 Å². The van der Waals surface area contributed by atoms with Crippen LogP contribution in [0.2, 0.25) is 0 Å². The van der Waals surface area contributed by atoms with Crippen LogP contribution >= 0.6 is 0 Å². The molecule has 1 aliphatic carbocycles. The fourth-order valence-corrected chi connectivity index (χ4v) is 4.03. The van der Waals surface area contributed by atoms with Gasteiger partial charge < -0.3 is 10.1 Å². The van der Waals surface area contributed by atoms with Crippen LogP contribution in [0.5, 0.6) is 0 Å². The molecule has 2 rings (SSSR count). The molecule has 1 aromatic rings. The number of aryl methyl sites for hydroxylation is 2. The fourth-order valence-electron chi connectivity index (χ4n) is 2.98. The lowest BCUT2D eigenvalue weighted by Crippen LogP contribution is -2.43. The number of carbonyl (C=O) groups excluding carboxylic acids is 2. The molecule has 1 atom stereocenters. The first-order valence-electron chi connectivity index (χ1n) is 9.26. The van der Waals surface area contributed by atoms with Gasteiger partial charge in [0.15, 0.2) is 6.10 Å². The van der Waals surface area contributed by atoms with Gasteiger partial charge in [0.1, 0.15) is 6.54 Å². The first kappa shape index (κ1) is 21.4. The van der Waals surface area contributed by atoms with Crippen LogP contribution in [-0.4, -0.2) is 39.0 Å². The highest BCUT2D eigenvalue weighted by Crippen LogP contribution is 2.17. The largest absolute Gasteiger partial charge is 0.452 e. The van der Waals surface area contributed by atoms with Crippen molar-refractivity contribution in [3.8, 4) is 0 Å². The first-order chi connectivity index (χ1) is 12.7. The van der Waals surface area contributed by atoms with Gasteiger partial charge in [0.05, 0.1) is 4.90 Å². The van der Waals surface area contributed by atoms with Gasteiger partial charge in [0, 0.05) is 6.04 Å². The van der Waals surface area contributed by atoms with Gasteiger partial charge in [-0.05, 0) is 56.9 Å². The van der Waals surface area contributed by atoms with Crippen LogP contribution in [0.3, 0.4) is 0 Å². The summed E-state index contributed by atoms with van der Waals surface area (Å²) in [7, 11) is -3.82. The van der Waals surface area contributed by atoms with E-state index in [1.807, 2.05) is 13.8 Å². The van der Waals surface area contributed by atoms with Crippen molar-refractivity contribution in [2.45, 2.75) is 69.9 Å². The number of amides is 1. The molecule has 0 unspecified atom stereocenters. The van der Waals surface area contributed by atoms with Crippen LogP contribution in [0.4, 0.5) is 0 Å². The lowest BCUT2D eigenvalue weighted by atomic mass is 9.95. The molecule has 0 aromatic heterocycles. The molecule has 0 radical (unpaired) electrons. The predicted octanol–water partition coefficient (Wildman–Crippen LogP) is 1.96. The number of benzene rings is 1. The minimum atomic E-state index is -3.82. The molecule has 1 amide bonds. The highest BCUT2D eigenvalue weighted by molar-refractivity contribution is 7.89. The number of carbonyl (C=O) groups is 2. The second-order valence-electron chi connectivity index (χ2n) is 7.05. The molecule has 150 valence electrons. The van der Waals surface area contributed by atoms with Gasteiger partial charge in [-0.15, -0.1) is 0 Å². The maximum Gasteiger partial charge on any atom is 0.321 e. The van der Waals surface area contributed by atoms with Crippen molar-refractivity contribution in [2.75, 3.05) is 6.54 Å². The maximum absolute atomic E-state index is 12.3. The summed E-state index contributed by atoms with van der Waals surface area (Å²) in [5.74, 6) is -1.15. The second kappa shape index (κ2) is 9.32. The minimum absolute atomic E-state index is 0.0847. The van der Waals surface area contributed by atoms with Gasteiger partial charge in [0.25, 0.3) is 5.91 Å². The highest BCUT2D eigenvalue weighted by Gasteiger charge is 2.23. The average Bonchev–Trinajstić information content (AvgIpc) is 2.63. The molecule has 1 aromatic carbocycles. The summed E-state index contributed by atoms with van der Waals surface area (Å²) in [4.78, 5) is 24.1. The Hall–Kier alpha value is -1.93. The molecule has 0 aliphatic heterocycles. The predicted molar refractivity (Wildman–Crippen MR) is 102 cm³/mol. The molecule has 27 heavy (non-hydrogen) atoms. The van der Waals surface area contributed by atoms with Crippen LogP contribution in [0.25, 0.3) is 0 Å². The molecule has 0 heterocycles. The van der Waals surface area contributed by atoms with Gasteiger partial charge in [-0.25, -0.2) is 8.42 Å². The zero-order chi connectivity index (χ0) is 20.0. The van der Waals surface area contributed by atoms with Crippen molar-refractivity contribution >= 4 is 21.9 Å². The van der Waals surface area contributed by atoms with Crippen molar-refractivity contribution in [2.24, 2.45) is 0 Å². The monoisotopic (exact) mass is 396 g/mol. The average molecular weight is 397 g/mol. The third-order valence-electron chi connectivity index (χ3n) is 4.82. The minimum Gasteiger partial charge on any atom is -0.452 e. The molecule has 8 heteroatoms. The van der Waals surface area contributed by atoms with Crippen molar-refractivity contribution in [1.82, 2.24) is 10.0 Å². The normalized spacial score (nSPS) is 16.6. The molecule has 1 saturated carbocycles. The van der Waals surface area contributed by atoms with E-state index in [-0.39, 0.29) is 16.8 Å². The highest BCUT2D eigenvalue weighted by atomic mass is 32.2. The number of sulfonamides is 1. The Morgan fingerprint density at radius 3 is 2.44 bits per heavy atom. The third kappa shape index (κ3) is 6.32. The number of hydrogen-bond acceptors (Lipinski definition) is 5. The van der Waals surface area contributed by atoms with Crippen molar-refractivity contribution in [1.29, 1.82) is 0 Å². The van der Waals surface area contributed by atoms with Gasteiger partial charge in [-0.2, -0.15) is 4.72 Å². The summed E-state index contributed by atoms with van der Waals surface area (Å²) in [6.45, 7) is 4.65. The van der Waals surface area contributed by atoms with Crippen molar-refractivity contribution in [3.63, 3.8) is 0 Å². The Morgan fingerprint density at radius 1 is 1.15 bits per heavy atom. The van der Waals surface area contributed by atoms with Gasteiger partial charge in [-0.3, -0.25) is 9.59 Å². The molecule has 2 N–H and O–H groups in total. The Kier molecular flexibility index (Phi) is 7.38. The van der Waals surface area contributed by atoms with Crippen LogP contribution in [0, 0.1) is 13.8 Å². The lowest BCUT2D eigenvalue weighted by molar-refractivity contribution is -0.154. The Balaban J connectivity index is 1.83. The van der Waals surface area contributed by atoms with Crippen molar-refractivity contribution < 1.29 is 22.7 Å². The molecule has 0 bridgehead atoms. The summed E-state index contributed by atoms with van der Waals surface area (Å²) in [5, 5.41) is 2.88. The van der Waals surface area contributed by atoms with Crippen molar-refractivity contribution in [3.05, 3.63) is 29.3 Å². The summed E-state index contributed by atoms with van der Waals surface area (Å²) in [6.07, 6.45) is 4.24. The van der Waals surface area contributed by atoms with Crippen LogP contribution in [0.15, 0.2) is 23.1 Å². The zero-order valence-electron chi connectivity index (χ0n) is 16.1. The van der Waals surface area contributed by atoms with Gasteiger partial charge >= 0.3 is 5.97 Å². The Labute approximate surface area is 160 Å². The van der Waals surface area contributed by atoms with E-state index < -0.39 is 28.6 Å². The van der Waals surface area contributed by atoms with E-state index in [1.165, 1.54) is 19.4 Å². The molecular weight excluding hydrogens is 368 g/mol. The summed E-state index contributed by atoms with van der Waals surface area (Å²) < 4.78 is 31.8. The topological polar surface area (TPSA) is 102 Å². The lowest BCUT2D eigenvalue weighted by Gasteiger charge is -2.24. The second-order valence-corrected chi connectivity index (χ2v) is 8.81. The van der Waals surface area contributed by atoms with E-state index >= 15 is 0 Å². The van der Waals surface area contributed by atoms with E-state index in [0.29, 0.717) is 0 Å².